The number of hydrogen-bond acceptors (Lipinski definition) is 3. The summed E-state index contributed by atoms with van der Waals surface area (Å²) in [6, 6.07) is 13.1. The predicted octanol–water partition coefficient (Wildman–Crippen LogP) is 5.10. The highest BCUT2D eigenvalue weighted by atomic mass is 16.2. The molecule has 5 nitrogen and oxygen atoms in total. The van der Waals surface area contributed by atoms with Gasteiger partial charge in [-0.25, -0.2) is 4.98 Å². The number of hydrogen-bond donors (Lipinski definition) is 0. The van der Waals surface area contributed by atoms with Crippen LogP contribution in [0.4, 0.5) is 0 Å². The summed E-state index contributed by atoms with van der Waals surface area (Å²) >= 11 is 0. The topological polar surface area (TPSA) is 55.2 Å². The first-order valence-corrected chi connectivity index (χ1v) is 10.8. The highest BCUT2D eigenvalue weighted by Gasteiger charge is 2.26. The fraction of sp³-hybridized carbons (Fsp3) is 0.400. The molecule has 5 heteroatoms. The maximum Gasteiger partial charge on any atom is 0.266 e. The van der Waals surface area contributed by atoms with Gasteiger partial charge in [0.05, 0.1) is 22.6 Å². The SMILES string of the molecule is CCCCN(C(=O)CC)C(C)c1nc2ccccc2c(=O)n1-c1ccc(C)cc1C. The Morgan fingerprint density at radius 1 is 1.13 bits per heavy atom. The highest BCUT2D eigenvalue weighted by Crippen LogP contribution is 2.25. The average Bonchev–Trinajstić information content (AvgIpc) is 2.74. The van der Waals surface area contributed by atoms with Gasteiger partial charge in [0.1, 0.15) is 5.82 Å². The lowest BCUT2D eigenvalue weighted by Gasteiger charge is -2.30. The van der Waals surface area contributed by atoms with Gasteiger partial charge in [-0.1, -0.05) is 50.1 Å². The van der Waals surface area contributed by atoms with Gasteiger partial charge in [0.15, 0.2) is 0 Å². The molecule has 0 saturated carbocycles. The van der Waals surface area contributed by atoms with Crippen molar-refractivity contribution in [3.8, 4) is 5.69 Å². The second kappa shape index (κ2) is 9.24. The molecule has 158 valence electrons. The van der Waals surface area contributed by atoms with Crippen LogP contribution in [0.15, 0.2) is 47.3 Å². The molecule has 0 aliphatic heterocycles. The van der Waals surface area contributed by atoms with Crippen molar-refractivity contribution in [3.63, 3.8) is 0 Å². The predicted molar refractivity (Wildman–Crippen MR) is 122 cm³/mol. The van der Waals surface area contributed by atoms with E-state index in [2.05, 4.69) is 13.0 Å². The van der Waals surface area contributed by atoms with Gasteiger partial charge in [0.2, 0.25) is 5.91 Å². The Labute approximate surface area is 178 Å². The summed E-state index contributed by atoms with van der Waals surface area (Å²) in [6.07, 6.45) is 2.34. The number of aryl methyl sites for hydroxylation is 2. The maximum absolute atomic E-state index is 13.6. The average molecular weight is 406 g/mol. The van der Waals surface area contributed by atoms with Crippen molar-refractivity contribution in [2.24, 2.45) is 0 Å². The molecule has 0 bridgehead atoms. The molecular weight excluding hydrogens is 374 g/mol. The third-order valence-electron chi connectivity index (χ3n) is 5.61. The first-order chi connectivity index (χ1) is 14.4. The van der Waals surface area contributed by atoms with E-state index < -0.39 is 0 Å². The monoisotopic (exact) mass is 405 g/mol. The number of nitrogens with zero attached hydrogens (tertiary/aromatic N) is 3. The second-order valence-corrected chi connectivity index (χ2v) is 7.89. The van der Waals surface area contributed by atoms with Gasteiger partial charge in [-0.2, -0.15) is 0 Å². The number of para-hydroxylation sites is 1. The van der Waals surface area contributed by atoms with E-state index in [4.69, 9.17) is 4.98 Å². The summed E-state index contributed by atoms with van der Waals surface area (Å²) in [5, 5.41) is 0.579. The Bertz CT molecular complexity index is 1120. The van der Waals surface area contributed by atoms with Gasteiger partial charge in [-0.3, -0.25) is 14.2 Å². The van der Waals surface area contributed by atoms with Gasteiger partial charge in [0.25, 0.3) is 5.56 Å². The van der Waals surface area contributed by atoms with Crippen molar-refractivity contribution in [2.45, 2.75) is 59.9 Å². The fourth-order valence-electron chi connectivity index (χ4n) is 3.92. The van der Waals surface area contributed by atoms with Crippen LogP contribution in [0.1, 0.15) is 63.0 Å². The summed E-state index contributed by atoms with van der Waals surface area (Å²) in [5.74, 6) is 0.675. The lowest BCUT2D eigenvalue weighted by atomic mass is 10.1. The molecule has 3 aromatic rings. The van der Waals surface area contributed by atoms with Crippen LogP contribution in [0.2, 0.25) is 0 Å². The molecule has 3 rings (SSSR count). The molecule has 0 aliphatic rings. The quantitative estimate of drug-likeness (QED) is 0.549. The molecule has 1 atom stereocenters. The molecule has 0 spiro atoms. The lowest BCUT2D eigenvalue weighted by Crippen LogP contribution is -2.37. The zero-order chi connectivity index (χ0) is 21.8. The normalized spacial score (nSPS) is 12.2. The van der Waals surface area contributed by atoms with Gasteiger partial charge in [-0.05, 0) is 51.0 Å². The first-order valence-electron chi connectivity index (χ1n) is 10.8. The van der Waals surface area contributed by atoms with E-state index in [1.807, 2.05) is 69.0 Å². The number of fused-ring (bicyclic) bond motifs is 1. The Morgan fingerprint density at radius 2 is 1.87 bits per heavy atom. The van der Waals surface area contributed by atoms with Crippen LogP contribution in [0.25, 0.3) is 16.6 Å². The highest BCUT2D eigenvalue weighted by molar-refractivity contribution is 5.79. The zero-order valence-corrected chi connectivity index (χ0v) is 18.6. The molecule has 0 aliphatic carbocycles. The van der Waals surface area contributed by atoms with Crippen molar-refractivity contribution in [1.82, 2.24) is 14.5 Å². The van der Waals surface area contributed by atoms with E-state index in [0.717, 1.165) is 29.7 Å². The molecule has 0 saturated heterocycles. The molecule has 1 unspecified atom stereocenters. The van der Waals surface area contributed by atoms with Crippen molar-refractivity contribution in [3.05, 3.63) is 69.8 Å². The molecule has 0 radical (unpaired) electrons. The standard InChI is InChI=1S/C25H31N3O2/c1-6-8-15-27(23(29)7-2)19(5)24-26-21-12-10-9-11-20(21)25(30)28(24)22-14-13-17(3)16-18(22)4/h9-14,16,19H,6-8,15H2,1-5H3. The lowest BCUT2D eigenvalue weighted by molar-refractivity contribution is -0.133. The number of carbonyl (C=O) groups excluding carboxylic acids is 1. The van der Waals surface area contributed by atoms with E-state index in [9.17, 15) is 9.59 Å². The Morgan fingerprint density at radius 3 is 2.53 bits per heavy atom. The first kappa shape index (κ1) is 21.8. The Balaban J connectivity index is 2.29. The molecule has 0 fully saturated rings. The molecule has 2 aromatic carbocycles. The second-order valence-electron chi connectivity index (χ2n) is 7.89. The Kier molecular flexibility index (Phi) is 6.70. The molecular formula is C25H31N3O2. The van der Waals surface area contributed by atoms with E-state index >= 15 is 0 Å². The van der Waals surface area contributed by atoms with Crippen LogP contribution in [-0.4, -0.2) is 26.9 Å². The molecule has 0 N–H and O–H groups in total. The smallest absolute Gasteiger partial charge is 0.266 e. The van der Waals surface area contributed by atoms with Crippen molar-refractivity contribution in [2.75, 3.05) is 6.54 Å². The number of rotatable bonds is 7. The molecule has 1 aromatic heterocycles. The van der Waals surface area contributed by atoms with Crippen molar-refractivity contribution >= 4 is 16.8 Å². The summed E-state index contributed by atoms with van der Waals surface area (Å²) in [5.41, 5.74) is 3.51. The van der Waals surface area contributed by atoms with Crippen LogP contribution in [0.5, 0.6) is 0 Å². The van der Waals surface area contributed by atoms with Crippen LogP contribution < -0.4 is 5.56 Å². The van der Waals surface area contributed by atoms with Gasteiger partial charge >= 0.3 is 0 Å². The minimum atomic E-state index is -0.318. The molecule has 1 heterocycles. The van der Waals surface area contributed by atoms with E-state index in [1.165, 1.54) is 0 Å². The fourth-order valence-corrected chi connectivity index (χ4v) is 3.92. The third-order valence-corrected chi connectivity index (χ3v) is 5.61. The molecule has 30 heavy (non-hydrogen) atoms. The van der Waals surface area contributed by atoms with Crippen LogP contribution in [0.3, 0.4) is 0 Å². The minimum absolute atomic E-state index is 0.0746. The van der Waals surface area contributed by atoms with Crippen LogP contribution in [0, 0.1) is 13.8 Å². The van der Waals surface area contributed by atoms with Crippen LogP contribution >= 0.6 is 0 Å². The number of carbonyl (C=O) groups is 1. The van der Waals surface area contributed by atoms with Crippen molar-refractivity contribution < 1.29 is 4.79 Å². The van der Waals surface area contributed by atoms with Crippen molar-refractivity contribution in [1.29, 1.82) is 0 Å². The molecule has 1 amide bonds. The summed E-state index contributed by atoms with van der Waals surface area (Å²) in [7, 11) is 0. The number of amides is 1. The van der Waals surface area contributed by atoms with E-state index in [1.54, 1.807) is 4.57 Å². The summed E-state index contributed by atoms with van der Waals surface area (Å²) in [6.45, 7) is 10.6. The summed E-state index contributed by atoms with van der Waals surface area (Å²) in [4.78, 5) is 33.1. The maximum atomic E-state index is 13.6. The third kappa shape index (κ3) is 4.16. The summed E-state index contributed by atoms with van der Waals surface area (Å²) < 4.78 is 1.70. The largest absolute Gasteiger partial charge is 0.333 e. The van der Waals surface area contributed by atoms with Gasteiger partial charge < -0.3 is 4.90 Å². The van der Waals surface area contributed by atoms with E-state index in [0.29, 0.717) is 29.7 Å². The van der Waals surface area contributed by atoms with Gasteiger partial charge in [0, 0.05) is 13.0 Å². The zero-order valence-electron chi connectivity index (χ0n) is 18.6. The van der Waals surface area contributed by atoms with Gasteiger partial charge in [-0.15, -0.1) is 0 Å². The van der Waals surface area contributed by atoms with Crippen LogP contribution in [-0.2, 0) is 4.79 Å². The minimum Gasteiger partial charge on any atom is -0.333 e. The number of benzene rings is 2. The number of aromatic nitrogens is 2. The van der Waals surface area contributed by atoms with E-state index in [-0.39, 0.29) is 17.5 Å². The number of unbranched alkanes of at least 4 members (excludes halogenated alkanes) is 1. The Hall–Kier alpha value is -2.95.